The number of nitrogens with zero attached hydrogens (tertiary/aromatic N) is 1. The molecule has 20 heavy (non-hydrogen) atoms. The van der Waals surface area contributed by atoms with Gasteiger partial charge in [-0.05, 0) is 30.3 Å². The molecule has 2 N–H and O–H groups in total. The Morgan fingerprint density at radius 1 is 1.05 bits per heavy atom. The van der Waals surface area contributed by atoms with Crippen LogP contribution < -0.4 is 10.6 Å². The van der Waals surface area contributed by atoms with Crippen molar-refractivity contribution < 1.29 is 14.1 Å². The second-order valence-corrected chi connectivity index (χ2v) is 3.89. The summed E-state index contributed by atoms with van der Waals surface area (Å²) in [5.74, 6) is -0.460. The van der Waals surface area contributed by atoms with Gasteiger partial charge in [0.2, 0.25) is 0 Å². The van der Waals surface area contributed by atoms with Crippen LogP contribution in [0.1, 0.15) is 0 Å². The van der Waals surface area contributed by atoms with Crippen LogP contribution in [0.4, 0.5) is 26.2 Å². The summed E-state index contributed by atoms with van der Waals surface area (Å²) in [6, 6.07) is 10.2. The van der Waals surface area contributed by atoms with Crippen LogP contribution >= 0.6 is 0 Å². The highest BCUT2D eigenvalue weighted by atomic mass is 19.1. The van der Waals surface area contributed by atoms with E-state index in [9.17, 15) is 19.3 Å². The van der Waals surface area contributed by atoms with Gasteiger partial charge in [-0.2, -0.15) is 0 Å². The first kappa shape index (κ1) is 13.5. The van der Waals surface area contributed by atoms with E-state index in [1.165, 1.54) is 42.5 Å². The zero-order valence-electron chi connectivity index (χ0n) is 10.2. The van der Waals surface area contributed by atoms with E-state index in [-0.39, 0.29) is 5.69 Å². The molecule has 0 aliphatic rings. The number of hydrogen-bond donors (Lipinski definition) is 2. The van der Waals surface area contributed by atoms with Crippen LogP contribution in [-0.4, -0.2) is 11.0 Å². The first-order valence-corrected chi connectivity index (χ1v) is 5.62. The number of carbonyl (C=O) groups excluding carboxylic acids is 1. The fourth-order valence-corrected chi connectivity index (χ4v) is 1.53. The standard InChI is InChI=1S/C13H10FN3O3/c14-9-2-1-3-11(8-9)16-13(18)15-10-4-6-12(7-5-10)17(19)20/h1-8H,(H2,15,16,18). The summed E-state index contributed by atoms with van der Waals surface area (Å²) in [5.41, 5.74) is 0.634. The fourth-order valence-electron chi connectivity index (χ4n) is 1.53. The highest BCUT2D eigenvalue weighted by molar-refractivity contribution is 5.99. The van der Waals surface area contributed by atoms with Crippen molar-refractivity contribution in [2.45, 2.75) is 0 Å². The van der Waals surface area contributed by atoms with Crippen molar-refractivity contribution in [2.24, 2.45) is 0 Å². The van der Waals surface area contributed by atoms with Gasteiger partial charge < -0.3 is 10.6 Å². The number of carbonyl (C=O) groups is 1. The van der Waals surface area contributed by atoms with Gasteiger partial charge in [0.05, 0.1) is 4.92 Å². The molecule has 7 heteroatoms. The van der Waals surface area contributed by atoms with Gasteiger partial charge in [-0.25, -0.2) is 9.18 Å². The summed E-state index contributed by atoms with van der Waals surface area (Å²) in [4.78, 5) is 21.6. The number of amides is 2. The molecule has 0 bridgehead atoms. The average molecular weight is 275 g/mol. The van der Waals surface area contributed by atoms with Gasteiger partial charge in [-0.3, -0.25) is 10.1 Å². The van der Waals surface area contributed by atoms with Crippen molar-refractivity contribution in [3.8, 4) is 0 Å². The van der Waals surface area contributed by atoms with Gasteiger partial charge in [-0.15, -0.1) is 0 Å². The number of hydrogen-bond acceptors (Lipinski definition) is 3. The molecule has 2 amide bonds. The first-order valence-electron chi connectivity index (χ1n) is 5.62. The van der Waals surface area contributed by atoms with E-state index in [1.807, 2.05) is 0 Å². The number of non-ortho nitro benzene ring substituents is 1. The quantitative estimate of drug-likeness (QED) is 0.665. The third kappa shape index (κ3) is 3.52. The smallest absolute Gasteiger partial charge is 0.308 e. The fraction of sp³-hybridized carbons (Fsp3) is 0. The molecule has 0 saturated heterocycles. The highest BCUT2D eigenvalue weighted by Crippen LogP contribution is 2.16. The largest absolute Gasteiger partial charge is 0.323 e. The first-order chi connectivity index (χ1) is 9.54. The minimum absolute atomic E-state index is 0.0684. The summed E-state index contributed by atoms with van der Waals surface area (Å²) in [7, 11) is 0. The lowest BCUT2D eigenvalue weighted by Gasteiger charge is -2.07. The lowest BCUT2D eigenvalue weighted by Crippen LogP contribution is -2.19. The van der Waals surface area contributed by atoms with Gasteiger partial charge >= 0.3 is 6.03 Å². The van der Waals surface area contributed by atoms with E-state index in [1.54, 1.807) is 6.07 Å². The number of rotatable bonds is 3. The monoisotopic (exact) mass is 275 g/mol. The van der Waals surface area contributed by atoms with Crippen molar-refractivity contribution in [1.29, 1.82) is 0 Å². The number of nitro groups is 1. The summed E-state index contributed by atoms with van der Waals surface area (Å²) in [5, 5.41) is 15.4. The molecule has 2 aromatic rings. The van der Waals surface area contributed by atoms with Crippen molar-refractivity contribution in [1.82, 2.24) is 0 Å². The molecule has 2 aromatic carbocycles. The molecule has 102 valence electrons. The predicted octanol–water partition coefficient (Wildman–Crippen LogP) is 3.38. The van der Waals surface area contributed by atoms with E-state index in [0.717, 1.165) is 0 Å². The van der Waals surface area contributed by atoms with Crippen LogP contribution in [0.25, 0.3) is 0 Å². The van der Waals surface area contributed by atoms with Crippen LogP contribution in [0.3, 0.4) is 0 Å². The second-order valence-electron chi connectivity index (χ2n) is 3.89. The molecular weight excluding hydrogens is 265 g/mol. The minimum atomic E-state index is -0.565. The van der Waals surface area contributed by atoms with Gasteiger partial charge in [-0.1, -0.05) is 6.07 Å². The molecule has 2 rings (SSSR count). The van der Waals surface area contributed by atoms with E-state index in [0.29, 0.717) is 11.4 Å². The molecule has 0 spiro atoms. The molecule has 0 unspecified atom stereocenters. The SMILES string of the molecule is O=C(Nc1ccc([N+](=O)[O-])cc1)Nc1cccc(F)c1. The van der Waals surface area contributed by atoms with Gasteiger partial charge in [0.1, 0.15) is 5.82 Å². The molecule has 0 aliphatic heterocycles. The second kappa shape index (κ2) is 5.79. The molecule has 0 saturated carbocycles. The molecule has 0 radical (unpaired) electrons. The normalized spacial score (nSPS) is 9.85. The molecule has 6 nitrogen and oxygen atoms in total. The molecule has 0 aromatic heterocycles. The lowest BCUT2D eigenvalue weighted by atomic mass is 10.3. The van der Waals surface area contributed by atoms with Gasteiger partial charge in [0, 0.05) is 23.5 Å². The Morgan fingerprint density at radius 2 is 1.70 bits per heavy atom. The zero-order chi connectivity index (χ0) is 14.5. The molecule has 0 aliphatic carbocycles. The van der Waals surface area contributed by atoms with E-state index < -0.39 is 16.8 Å². The minimum Gasteiger partial charge on any atom is -0.308 e. The number of urea groups is 1. The number of nitro benzene ring substituents is 1. The summed E-state index contributed by atoms with van der Waals surface area (Å²) < 4.78 is 12.9. The summed E-state index contributed by atoms with van der Waals surface area (Å²) in [6.07, 6.45) is 0. The molecule has 0 atom stereocenters. The van der Waals surface area contributed by atoms with Crippen LogP contribution in [0.15, 0.2) is 48.5 Å². The Balaban J connectivity index is 1.99. The van der Waals surface area contributed by atoms with E-state index >= 15 is 0 Å². The third-order valence-corrected chi connectivity index (χ3v) is 2.42. The Labute approximate surface area is 113 Å². The zero-order valence-corrected chi connectivity index (χ0v) is 10.2. The van der Waals surface area contributed by atoms with Crippen molar-refractivity contribution in [3.05, 3.63) is 64.5 Å². The molecular formula is C13H10FN3O3. The predicted molar refractivity (Wildman–Crippen MR) is 72.1 cm³/mol. The lowest BCUT2D eigenvalue weighted by molar-refractivity contribution is -0.384. The van der Waals surface area contributed by atoms with E-state index in [2.05, 4.69) is 10.6 Å². The Hall–Kier alpha value is -2.96. The highest BCUT2D eigenvalue weighted by Gasteiger charge is 2.06. The maximum Gasteiger partial charge on any atom is 0.323 e. The van der Waals surface area contributed by atoms with Crippen LogP contribution in [0.2, 0.25) is 0 Å². The Morgan fingerprint density at radius 3 is 2.30 bits per heavy atom. The maximum atomic E-state index is 12.9. The number of halogens is 1. The van der Waals surface area contributed by atoms with Crippen LogP contribution in [-0.2, 0) is 0 Å². The number of anilines is 2. The van der Waals surface area contributed by atoms with Gasteiger partial charge in [0.25, 0.3) is 5.69 Å². The topological polar surface area (TPSA) is 84.3 Å². The third-order valence-electron chi connectivity index (χ3n) is 2.42. The maximum absolute atomic E-state index is 12.9. The number of benzene rings is 2. The van der Waals surface area contributed by atoms with Gasteiger partial charge in [0.15, 0.2) is 0 Å². The van der Waals surface area contributed by atoms with E-state index in [4.69, 9.17) is 0 Å². The molecule has 0 heterocycles. The molecule has 0 fully saturated rings. The van der Waals surface area contributed by atoms with Crippen LogP contribution in [0, 0.1) is 15.9 Å². The summed E-state index contributed by atoms with van der Waals surface area (Å²) >= 11 is 0. The Bertz CT molecular complexity index is 644. The van der Waals surface area contributed by atoms with Crippen LogP contribution in [0.5, 0.6) is 0 Å². The number of nitrogens with one attached hydrogen (secondary N) is 2. The summed E-state index contributed by atoms with van der Waals surface area (Å²) in [6.45, 7) is 0. The van der Waals surface area contributed by atoms with Crippen molar-refractivity contribution >= 4 is 23.1 Å². The Kier molecular flexibility index (Phi) is 3.90. The van der Waals surface area contributed by atoms with Crippen molar-refractivity contribution in [2.75, 3.05) is 10.6 Å². The average Bonchev–Trinajstić information content (AvgIpc) is 2.39. The van der Waals surface area contributed by atoms with Crippen molar-refractivity contribution in [3.63, 3.8) is 0 Å².